The van der Waals surface area contributed by atoms with Crippen molar-refractivity contribution in [1.29, 1.82) is 0 Å². The maximum atomic E-state index is 13.0. The summed E-state index contributed by atoms with van der Waals surface area (Å²) in [7, 11) is 0. The Bertz CT molecular complexity index is 514. The molecule has 88 valence electrons. The minimum atomic E-state index is -0.250. The summed E-state index contributed by atoms with van der Waals surface area (Å²) >= 11 is 3.37. The number of aryl methyl sites for hydroxylation is 1. The number of benzene rings is 1. The van der Waals surface area contributed by atoms with Crippen molar-refractivity contribution in [3.63, 3.8) is 0 Å². The Morgan fingerprint density at radius 2 is 2.06 bits per heavy atom. The van der Waals surface area contributed by atoms with Gasteiger partial charge in [0.25, 0.3) is 0 Å². The molecular formula is C12H11BrFN3. The Labute approximate surface area is 107 Å². The van der Waals surface area contributed by atoms with Gasteiger partial charge in [0, 0.05) is 11.0 Å². The number of hydrogen-bond acceptors (Lipinski definition) is 3. The van der Waals surface area contributed by atoms with Crippen LogP contribution in [0.1, 0.15) is 11.3 Å². The van der Waals surface area contributed by atoms with Crippen LogP contribution in [0, 0.1) is 12.7 Å². The molecule has 1 aromatic heterocycles. The molecule has 0 aliphatic carbocycles. The molecule has 1 aromatic carbocycles. The Morgan fingerprint density at radius 3 is 2.76 bits per heavy atom. The molecule has 0 amide bonds. The van der Waals surface area contributed by atoms with Gasteiger partial charge in [-0.1, -0.05) is 15.9 Å². The van der Waals surface area contributed by atoms with E-state index in [1.165, 1.54) is 12.1 Å². The van der Waals surface area contributed by atoms with Crippen LogP contribution in [-0.4, -0.2) is 10.2 Å². The lowest BCUT2D eigenvalue weighted by atomic mass is 10.2. The predicted molar refractivity (Wildman–Crippen MR) is 68.2 cm³/mol. The van der Waals surface area contributed by atoms with Gasteiger partial charge in [-0.25, -0.2) is 4.39 Å². The highest BCUT2D eigenvalue weighted by molar-refractivity contribution is 9.10. The molecule has 0 aliphatic rings. The summed E-state index contributed by atoms with van der Waals surface area (Å²) < 4.78 is 13.9. The summed E-state index contributed by atoms with van der Waals surface area (Å²) in [4.78, 5) is 0. The molecule has 2 aromatic rings. The van der Waals surface area contributed by atoms with E-state index in [4.69, 9.17) is 0 Å². The summed E-state index contributed by atoms with van der Waals surface area (Å²) in [6.07, 6.45) is 0. The van der Waals surface area contributed by atoms with Crippen LogP contribution >= 0.6 is 15.9 Å². The number of nitrogens with zero attached hydrogens (tertiary/aromatic N) is 2. The largest absolute Gasteiger partial charge is 0.364 e. The van der Waals surface area contributed by atoms with E-state index in [2.05, 4.69) is 31.4 Å². The molecule has 1 heterocycles. The second-order valence-corrected chi connectivity index (χ2v) is 4.50. The predicted octanol–water partition coefficient (Wildman–Crippen LogP) is 3.30. The minimum Gasteiger partial charge on any atom is -0.364 e. The van der Waals surface area contributed by atoms with Gasteiger partial charge >= 0.3 is 0 Å². The first-order valence-electron chi connectivity index (χ1n) is 5.13. The summed E-state index contributed by atoms with van der Waals surface area (Å²) in [5.74, 6) is 0.423. The smallest absolute Gasteiger partial charge is 0.148 e. The second-order valence-electron chi connectivity index (χ2n) is 3.65. The lowest BCUT2D eigenvalue weighted by Crippen LogP contribution is -2.03. The molecule has 0 saturated heterocycles. The van der Waals surface area contributed by atoms with E-state index in [0.717, 1.165) is 15.7 Å². The highest BCUT2D eigenvalue weighted by Gasteiger charge is 2.02. The maximum absolute atomic E-state index is 13.0. The van der Waals surface area contributed by atoms with Gasteiger partial charge in [0.1, 0.15) is 11.6 Å². The average molecular weight is 296 g/mol. The number of rotatable bonds is 3. The van der Waals surface area contributed by atoms with Crippen LogP contribution in [0.25, 0.3) is 0 Å². The van der Waals surface area contributed by atoms with Crippen LogP contribution < -0.4 is 5.32 Å². The van der Waals surface area contributed by atoms with Crippen LogP contribution in [-0.2, 0) is 6.54 Å². The summed E-state index contributed by atoms with van der Waals surface area (Å²) in [5.41, 5.74) is 1.70. The van der Waals surface area contributed by atoms with Crippen molar-refractivity contribution in [3.05, 3.63) is 51.9 Å². The van der Waals surface area contributed by atoms with Crippen LogP contribution in [0.3, 0.4) is 0 Å². The van der Waals surface area contributed by atoms with Crippen molar-refractivity contribution in [2.75, 3.05) is 5.32 Å². The molecule has 0 fully saturated rings. The standard InChI is InChI=1S/C12H11BrFN3/c1-8-2-5-12(17-16-8)15-7-9-6-10(14)3-4-11(9)13/h2-6H,7H2,1H3,(H,15,17). The number of halogens is 2. The van der Waals surface area contributed by atoms with E-state index >= 15 is 0 Å². The third-order valence-electron chi connectivity index (χ3n) is 2.27. The van der Waals surface area contributed by atoms with Gasteiger partial charge in [-0.2, -0.15) is 5.10 Å². The Hall–Kier alpha value is -1.49. The maximum Gasteiger partial charge on any atom is 0.148 e. The van der Waals surface area contributed by atoms with Crippen molar-refractivity contribution in [3.8, 4) is 0 Å². The van der Waals surface area contributed by atoms with Gasteiger partial charge in [-0.05, 0) is 42.8 Å². The van der Waals surface area contributed by atoms with Crippen molar-refractivity contribution in [2.45, 2.75) is 13.5 Å². The van der Waals surface area contributed by atoms with E-state index < -0.39 is 0 Å². The number of aromatic nitrogens is 2. The first kappa shape index (κ1) is 12.0. The second kappa shape index (κ2) is 5.23. The molecule has 17 heavy (non-hydrogen) atoms. The molecule has 0 atom stereocenters. The first-order valence-corrected chi connectivity index (χ1v) is 5.92. The Balaban J connectivity index is 2.07. The molecule has 0 saturated carbocycles. The average Bonchev–Trinajstić information content (AvgIpc) is 2.32. The molecule has 0 unspecified atom stereocenters. The summed E-state index contributed by atoms with van der Waals surface area (Å²) in [5, 5.41) is 11.0. The fourth-order valence-corrected chi connectivity index (χ4v) is 1.74. The molecule has 2 rings (SSSR count). The lowest BCUT2D eigenvalue weighted by molar-refractivity contribution is 0.625. The third-order valence-corrected chi connectivity index (χ3v) is 3.04. The molecule has 0 spiro atoms. The van der Waals surface area contributed by atoms with Crippen molar-refractivity contribution < 1.29 is 4.39 Å². The topological polar surface area (TPSA) is 37.8 Å². The summed E-state index contributed by atoms with van der Waals surface area (Å²) in [6, 6.07) is 8.30. The molecule has 0 aliphatic heterocycles. The zero-order chi connectivity index (χ0) is 12.3. The van der Waals surface area contributed by atoms with Crippen LogP contribution in [0.2, 0.25) is 0 Å². The summed E-state index contributed by atoms with van der Waals surface area (Å²) in [6.45, 7) is 2.37. The van der Waals surface area contributed by atoms with Gasteiger partial charge < -0.3 is 5.32 Å². The van der Waals surface area contributed by atoms with Crippen LogP contribution in [0.5, 0.6) is 0 Å². The number of anilines is 1. The van der Waals surface area contributed by atoms with Gasteiger partial charge in [0.2, 0.25) is 0 Å². The number of hydrogen-bond donors (Lipinski definition) is 1. The van der Waals surface area contributed by atoms with Crippen molar-refractivity contribution in [1.82, 2.24) is 10.2 Å². The van der Waals surface area contributed by atoms with Gasteiger partial charge in [0.15, 0.2) is 0 Å². The van der Waals surface area contributed by atoms with Crippen LogP contribution in [0.4, 0.5) is 10.2 Å². The highest BCUT2D eigenvalue weighted by Crippen LogP contribution is 2.18. The van der Waals surface area contributed by atoms with Crippen molar-refractivity contribution >= 4 is 21.7 Å². The zero-order valence-corrected chi connectivity index (χ0v) is 10.8. The quantitative estimate of drug-likeness (QED) is 0.944. The van der Waals surface area contributed by atoms with E-state index in [9.17, 15) is 4.39 Å². The monoisotopic (exact) mass is 295 g/mol. The number of nitrogens with one attached hydrogen (secondary N) is 1. The lowest BCUT2D eigenvalue weighted by Gasteiger charge is -2.07. The Kier molecular flexibility index (Phi) is 3.68. The zero-order valence-electron chi connectivity index (χ0n) is 9.24. The van der Waals surface area contributed by atoms with E-state index in [0.29, 0.717) is 12.4 Å². The SMILES string of the molecule is Cc1ccc(NCc2cc(F)ccc2Br)nn1. The van der Waals surface area contributed by atoms with Gasteiger partial charge in [0.05, 0.1) is 5.69 Å². The van der Waals surface area contributed by atoms with Gasteiger partial charge in [-0.3, -0.25) is 0 Å². The van der Waals surface area contributed by atoms with Crippen molar-refractivity contribution in [2.24, 2.45) is 0 Å². The molecule has 0 radical (unpaired) electrons. The molecule has 5 heteroatoms. The van der Waals surface area contributed by atoms with E-state index in [-0.39, 0.29) is 5.82 Å². The molecular weight excluding hydrogens is 285 g/mol. The van der Waals surface area contributed by atoms with E-state index in [1.54, 1.807) is 6.07 Å². The third kappa shape index (κ3) is 3.23. The fraction of sp³-hybridized carbons (Fsp3) is 0.167. The Morgan fingerprint density at radius 1 is 1.24 bits per heavy atom. The first-order chi connectivity index (χ1) is 8.15. The fourth-order valence-electron chi connectivity index (χ4n) is 1.36. The molecule has 1 N–H and O–H groups in total. The minimum absolute atomic E-state index is 0.250. The normalized spacial score (nSPS) is 10.3. The highest BCUT2D eigenvalue weighted by atomic mass is 79.9. The molecule has 0 bridgehead atoms. The van der Waals surface area contributed by atoms with Gasteiger partial charge in [-0.15, -0.1) is 5.10 Å². The van der Waals surface area contributed by atoms with Crippen LogP contribution in [0.15, 0.2) is 34.8 Å². The van der Waals surface area contributed by atoms with E-state index in [1.807, 2.05) is 19.1 Å². The molecule has 3 nitrogen and oxygen atoms in total.